The van der Waals surface area contributed by atoms with Gasteiger partial charge in [0.15, 0.2) is 0 Å². The standard InChI is InChI=1S/C23H32N4O2/c28-22-19-15-27(23(29)17-8-9-17)12-10-20(19)24-21(25-22)18-7-4-11-26(14-18)13-16-5-2-1-3-6-16/h1-2,16-18H,3-15H2,(H,24,25,28)/t16-,18+/m0/s1. The highest BCUT2D eigenvalue weighted by Crippen LogP contribution is 2.32. The van der Waals surface area contributed by atoms with Crippen molar-refractivity contribution in [3.05, 3.63) is 39.6 Å². The molecule has 2 aliphatic carbocycles. The summed E-state index contributed by atoms with van der Waals surface area (Å²) in [4.78, 5) is 37.6. The van der Waals surface area contributed by atoms with Crippen LogP contribution in [0.15, 0.2) is 16.9 Å². The average molecular weight is 397 g/mol. The Labute approximate surface area is 172 Å². The number of hydrogen-bond acceptors (Lipinski definition) is 4. The number of piperidine rings is 1. The first kappa shape index (κ1) is 19.0. The molecule has 1 aromatic rings. The average Bonchev–Trinajstić information content (AvgIpc) is 3.59. The fourth-order valence-electron chi connectivity index (χ4n) is 5.25. The van der Waals surface area contributed by atoms with Gasteiger partial charge in [0.05, 0.1) is 17.8 Å². The molecular weight excluding hydrogens is 364 g/mol. The van der Waals surface area contributed by atoms with E-state index in [0.717, 1.165) is 62.8 Å². The molecule has 6 heteroatoms. The minimum absolute atomic E-state index is 0.0344. The summed E-state index contributed by atoms with van der Waals surface area (Å²) in [5, 5.41) is 0. The second-order valence-corrected chi connectivity index (χ2v) is 9.41. The van der Waals surface area contributed by atoms with Gasteiger partial charge in [0.25, 0.3) is 5.56 Å². The molecule has 6 nitrogen and oxygen atoms in total. The van der Waals surface area contributed by atoms with Crippen molar-refractivity contribution in [3.63, 3.8) is 0 Å². The van der Waals surface area contributed by atoms with Crippen LogP contribution in [0.2, 0.25) is 0 Å². The van der Waals surface area contributed by atoms with Crippen LogP contribution in [0.25, 0.3) is 0 Å². The van der Waals surface area contributed by atoms with Gasteiger partial charge in [-0.3, -0.25) is 9.59 Å². The first-order valence-electron chi connectivity index (χ1n) is 11.5. The monoisotopic (exact) mass is 396 g/mol. The number of fused-ring (bicyclic) bond motifs is 1. The molecule has 1 aromatic heterocycles. The van der Waals surface area contributed by atoms with Crippen LogP contribution >= 0.6 is 0 Å². The second kappa shape index (κ2) is 8.05. The maximum Gasteiger partial charge on any atom is 0.256 e. The second-order valence-electron chi connectivity index (χ2n) is 9.41. The number of aromatic nitrogens is 2. The van der Waals surface area contributed by atoms with Crippen LogP contribution in [0.1, 0.15) is 67.9 Å². The first-order valence-corrected chi connectivity index (χ1v) is 11.5. The summed E-state index contributed by atoms with van der Waals surface area (Å²) < 4.78 is 0. The number of likely N-dealkylation sites (tertiary alicyclic amines) is 1. The van der Waals surface area contributed by atoms with Gasteiger partial charge in [0.2, 0.25) is 5.91 Å². The van der Waals surface area contributed by atoms with E-state index in [4.69, 9.17) is 4.98 Å². The topological polar surface area (TPSA) is 69.3 Å². The molecule has 2 aliphatic heterocycles. The lowest BCUT2D eigenvalue weighted by molar-refractivity contribution is -0.133. The summed E-state index contributed by atoms with van der Waals surface area (Å²) in [5.41, 5.74) is 1.58. The molecule has 0 radical (unpaired) electrons. The Bertz CT molecular complexity index is 857. The Morgan fingerprint density at radius 2 is 2.07 bits per heavy atom. The fourth-order valence-corrected chi connectivity index (χ4v) is 5.25. The lowest BCUT2D eigenvalue weighted by atomic mass is 9.91. The van der Waals surface area contributed by atoms with Gasteiger partial charge >= 0.3 is 0 Å². The molecule has 5 rings (SSSR count). The first-order chi connectivity index (χ1) is 14.2. The Hall–Kier alpha value is -1.95. The zero-order chi connectivity index (χ0) is 19.8. The third-order valence-electron chi connectivity index (χ3n) is 7.11. The van der Waals surface area contributed by atoms with E-state index in [1.807, 2.05) is 4.90 Å². The van der Waals surface area contributed by atoms with Gasteiger partial charge in [0, 0.05) is 37.9 Å². The minimum Gasteiger partial charge on any atom is -0.337 e. The van der Waals surface area contributed by atoms with Crippen molar-refractivity contribution >= 4 is 5.91 Å². The SMILES string of the molecule is O=C(C1CC1)N1CCc2nc([C@@H]3CCCN(C[C@H]4CC=CCC4)C3)[nH]c(=O)c2C1. The molecule has 0 unspecified atom stereocenters. The lowest BCUT2D eigenvalue weighted by Crippen LogP contribution is -2.42. The third kappa shape index (κ3) is 4.18. The Morgan fingerprint density at radius 3 is 2.86 bits per heavy atom. The van der Waals surface area contributed by atoms with Gasteiger partial charge in [-0.2, -0.15) is 0 Å². The molecule has 3 heterocycles. The zero-order valence-electron chi connectivity index (χ0n) is 17.2. The predicted octanol–water partition coefficient (Wildman–Crippen LogP) is 2.60. The van der Waals surface area contributed by atoms with E-state index in [9.17, 15) is 9.59 Å². The molecule has 2 atom stereocenters. The van der Waals surface area contributed by atoms with E-state index in [1.165, 1.54) is 19.3 Å². The summed E-state index contributed by atoms with van der Waals surface area (Å²) >= 11 is 0. The summed E-state index contributed by atoms with van der Waals surface area (Å²) in [6, 6.07) is 0. The number of aromatic amines is 1. The zero-order valence-corrected chi connectivity index (χ0v) is 17.2. The van der Waals surface area contributed by atoms with Crippen molar-refractivity contribution in [1.29, 1.82) is 0 Å². The normalized spacial score (nSPS) is 27.7. The Balaban J connectivity index is 1.27. The van der Waals surface area contributed by atoms with Crippen molar-refractivity contribution in [1.82, 2.24) is 19.8 Å². The van der Waals surface area contributed by atoms with E-state index in [1.54, 1.807) is 0 Å². The molecule has 1 N–H and O–H groups in total. The smallest absolute Gasteiger partial charge is 0.256 e. The summed E-state index contributed by atoms with van der Waals surface area (Å²) in [7, 11) is 0. The van der Waals surface area contributed by atoms with Gasteiger partial charge < -0.3 is 14.8 Å². The van der Waals surface area contributed by atoms with Crippen molar-refractivity contribution in [2.75, 3.05) is 26.2 Å². The third-order valence-corrected chi connectivity index (χ3v) is 7.11. The highest BCUT2D eigenvalue weighted by atomic mass is 16.2. The largest absolute Gasteiger partial charge is 0.337 e. The molecule has 1 saturated heterocycles. The van der Waals surface area contributed by atoms with E-state index in [2.05, 4.69) is 22.0 Å². The van der Waals surface area contributed by atoms with Crippen LogP contribution in [0, 0.1) is 11.8 Å². The molecule has 156 valence electrons. The maximum atomic E-state index is 12.8. The number of allylic oxidation sites excluding steroid dienone is 2. The van der Waals surface area contributed by atoms with E-state index in [-0.39, 0.29) is 17.4 Å². The number of rotatable bonds is 4. The number of nitrogens with one attached hydrogen (secondary N) is 1. The number of carbonyl (C=O) groups excluding carboxylic acids is 1. The quantitative estimate of drug-likeness (QED) is 0.795. The number of nitrogens with zero attached hydrogens (tertiary/aromatic N) is 3. The van der Waals surface area contributed by atoms with Crippen molar-refractivity contribution in [2.45, 2.75) is 63.8 Å². The molecule has 2 fully saturated rings. The van der Waals surface area contributed by atoms with Crippen molar-refractivity contribution in [3.8, 4) is 0 Å². The fraction of sp³-hybridized carbons (Fsp3) is 0.696. The highest BCUT2D eigenvalue weighted by Gasteiger charge is 2.36. The molecule has 1 saturated carbocycles. The molecule has 1 amide bonds. The molecule has 29 heavy (non-hydrogen) atoms. The van der Waals surface area contributed by atoms with Crippen LogP contribution in [0.3, 0.4) is 0 Å². The van der Waals surface area contributed by atoms with Crippen LogP contribution in [-0.2, 0) is 17.8 Å². The van der Waals surface area contributed by atoms with Crippen LogP contribution < -0.4 is 5.56 Å². The number of hydrogen-bond donors (Lipinski definition) is 1. The minimum atomic E-state index is -0.0344. The van der Waals surface area contributed by atoms with E-state index < -0.39 is 0 Å². The number of carbonyl (C=O) groups is 1. The van der Waals surface area contributed by atoms with Gasteiger partial charge in [0.1, 0.15) is 5.82 Å². The summed E-state index contributed by atoms with van der Waals surface area (Å²) in [6.45, 7) is 4.44. The maximum absolute atomic E-state index is 12.8. The van der Waals surface area contributed by atoms with E-state index in [0.29, 0.717) is 31.0 Å². The van der Waals surface area contributed by atoms with Crippen molar-refractivity contribution in [2.24, 2.45) is 11.8 Å². The molecule has 0 aromatic carbocycles. The Morgan fingerprint density at radius 1 is 1.17 bits per heavy atom. The van der Waals surface area contributed by atoms with E-state index >= 15 is 0 Å². The van der Waals surface area contributed by atoms with Crippen molar-refractivity contribution < 1.29 is 4.79 Å². The van der Waals surface area contributed by atoms with Crippen LogP contribution in [0.5, 0.6) is 0 Å². The van der Waals surface area contributed by atoms with Crippen LogP contribution in [-0.4, -0.2) is 51.9 Å². The molecule has 0 bridgehead atoms. The Kier molecular flexibility index (Phi) is 5.29. The highest BCUT2D eigenvalue weighted by molar-refractivity contribution is 5.81. The molecule has 0 spiro atoms. The van der Waals surface area contributed by atoms with Crippen LogP contribution in [0.4, 0.5) is 0 Å². The van der Waals surface area contributed by atoms with Gasteiger partial charge in [-0.05, 0) is 57.4 Å². The summed E-state index contributed by atoms with van der Waals surface area (Å²) in [6.07, 6.45) is 13.3. The molecular formula is C23H32N4O2. The lowest BCUT2D eigenvalue weighted by Gasteiger charge is -2.35. The summed E-state index contributed by atoms with van der Waals surface area (Å²) in [5.74, 6) is 2.37. The number of H-pyrrole nitrogens is 1. The van der Waals surface area contributed by atoms with Gasteiger partial charge in [-0.25, -0.2) is 4.98 Å². The van der Waals surface area contributed by atoms with Gasteiger partial charge in [-0.15, -0.1) is 0 Å². The number of amides is 1. The molecule has 4 aliphatic rings. The van der Waals surface area contributed by atoms with Gasteiger partial charge in [-0.1, -0.05) is 12.2 Å². The predicted molar refractivity (Wildman–Crippen MR) is 112 cm³/mol.